The molecule has 1 aromatic rings. The average Bonchev–Trinajstić information content (AvgIpc) is 2.31. The predicted molar refractivity (Wildman–Crippen MR) is 68.3 cm³/mol. The Labute approximate surface area is 105 Å². The van der Waals surface area contributed by atoms with Crippen molar-refractivity contribution in [3.63, 3.8) is 0 Å². The number of benzene rings is 1. The van der Waals surface area contributed by atoms with Gasteiger partial charge in [-0.15, -0.1) is 0 Å². The van der Waals surface area contributed by atoms with E-state index in [4.69, 9.17) is 0 Å². The number of hydrogen-bond acceptors (Lipinski definition) is 2. The number of halogens is 2. The molecule has 4 heteroatoms. The summed E-state index contributed by atoms with van der Waals surface area (Å²) in [6, 6.07) is 3.75. The maximum absolute atomic E-state index is 12.9. The van der Waals surface area contributed by atoms with Gasteiger partial charge in [-0.05, 0) is 30.5 Å². The normalized spacial score (nSPS) is 14.6. The minimum Gasteiger partial charge on any atom is -0.392 e. The molecule has 0 bridgehead atoms. The van der Waals surface area contributed by atoms with Gasteiger partial charge in [-0.25, -0.2) is 8.78 Å². The molecular weight excluding hydrogens is 242 g/mol. The van der Waals surface area contributed by atoms with Crippen LogP contribution in [0, 0.1) is 11.6 Å². The lowest BCUT2D eigenvalue weighted by atomic mass is 10.1. The molecule has 17 heavy (non-hydrogen) atoms. The molecule has 0 saturated carbocycles. The highest BCUT2D eigenvalue weighted by Crippen LogP contribution is 2.17. The van der Waals surface area contributed by atoms with Crippen LogP contribution in [0.5, 0.6) is 0 Å². The second kappa shape index (κ2) is 6.97. The van der Waals surface area contributed by atoms with Crippen molar-refractivity contribution in [1.82, 2.24) is 0 Å². The van der Waals surface area contributed by atoms with Gasteiger partial charge in [0.1, 0.15) is 0 Å². The fourth-order valence-corrected chi connectivity index (χ4v) is 2.30. The Morgan fingerprint density at radius 1 is 1.29 bits per heavy atom. The van der Waals surface area contributed by atoms with Gasteiger partial charge < -0.3 is 5.11 Å². The molecule has 1 aromatic carbocycles. The predicted octanol–water partition coefficient (Wildman–Crippen LogP) is 3.40. The van der Waals surface area contributed by atoms with Crippen molar-refractivity contribution in [3.05, 3.63) is 35.4 Å². The van der Waals surface area contributed by atoms with Gasteiger partial charge in [-0.3, -0.25) is 0 Å². The molecule has 96 valence electrons. The molecule has 0 radical (unpaired) electrons. The van der Waals surface area contributed by atoms with Gasteiger partial charge in [-0.2, -0.15) is 11.8 Å². The van der Waals surface area contributed by atoms with Gasteiger partial charge in [-0.1, -0.05) is 19.9 Å². The maximum Gasteiger partial charge on any atom is 0.159 e. The number of rotatable bonds is 6. The van der Waals surface area contributed by atoms with Crippen molar-refractivity contribution in [2.24, 2.45) is 0 Å². The molecule has 0 spiro atoms. The van der Waals surface area contributed by atoms with Gasteiger partial charge in [0.05, 0.1) is 6.10 Å². The van der Waals surface area contributed by atoms with Gasteiger partial charge in [0, 0.05) is 11.0 Å². The van der Waals surface area contributed by atoms with E-state index in [1.807, 2.05) is 0 Å². The lowest BCUT2D eigenvalue weighted by Crippen LogP contribution is -2.15. The zero-order valence-electron chi connectivity index (χ0n) is 10.1. The van der Waals surface area contributed by atoms with Crippen molar-refractivity contribution in [3.8, 4) is 0 Å². The number of hydrogen-bond donors (Lipinski definition) is 1. The Kier molecular flexibility index (Phi) is 5.92. The van der Waals surface area contributed by atoms with Crippen LogP contribution in [0.3, 0.4) is 0 Å². The van der Waals surface area contributed by atoms with Crippen molar-refractivity contribution in [2.45, 2.75) is 38.0 Å². The molecule has 0 amide bonds. The van der Waals surface area contributed by atoms with Crippen LogP contribution in [0.25, 0.3) is 0 Å². The van der Waals surface area contributed by atoms with E-state index < -0.39 is 17.7 Å². The topological polar surface area (TPSA) is 20.2 Å². The zero-order valence-corrected chi connectivity index (χ0v) is 10.9. The molecule has 0 saturated heterocycles. The first-order valence-corrected chi connectivity index (χ1v) is 6.81. The van der Waals surface area contributed by atoms with Crippen molar-refractivity contribution in [2.75, 3.05) is 5.75 Å². The average molecular weight is 260 g/mol. The highest BCUT2D eigenvalue weighted by molar-refractivity contribution is 7.99. The van der Waals surface area contributed by atoms with Crippen molar-refractivity contribution in [1.29, 1.82) is 0 Å². The molecule has 0 aromatic heterocycles. The van der Waals surface area contributed by atoms with Gasteiger partial charge in [0.2, 0.25) is 0 Å². The summed E-state index contributed by atoms with van der Waals surface area (Å²) < 4.78 is 25.6. The highest BCUT2D eigenvalue weighted by atomic mass is 32.2. The molecule has 0 aliphatic heterocycles. The SMILES string of the molecule is CCC(C)SCC(O)Cc1ccc(F)c(F)c1. The van der Waals surface area contributed by atoms with Crippen LogP contribution in [0.2, 0.25) is 0 Å². The fourth-order valence-electron chi connectivity index (χ4n) is 1.39. The van der Waals surface area contributed by atoms with Gasteiger partial charge in [0.25, 0.3) is 0 Å². The van der Waals surface area contributed by atoms with Crippen LogP contribution in [-0.2, 0) is 6.42 Å². The summed E-state index contributed by atoms with van der Waals surface area (Å²) >= 11 is 1.69. The minimum absolute atomic E-state index is 0.362. The molecule has 1 rings (SSSR count). The van der Waals surface area contributed by atoms with E-state index >= 15 is 0 Å². The van der Waals surface area contributed by atoms with Crippen LogP contribution in [-0.4, -0.2) is 22.2 Å². The Morgan fingerprint density at radius 2 is 2.00 bits per heavy atom. The lowest BCUT2D eigenvalue weighted by molar-refractivity contribution is 0.200. The monoisotopic (exact) mass is 260 g/mol. The number of aliphatic hydroxyl groups excluding tert-OH is 1. The van der Waals surface area contributed by atoms with Gasteiger partial charge >= 0.3 is 0 Å². The van der Waals surface area contributed by atoms with E-state index in [-0.39, 0.29) is 0 Å². The lowest BCUT2D eigenvalue weighted by Gasteiger charge is -2.13. The summed E-state index contributed by atoms with van der Waals surface area (Å²) in [6.07, 6.45) is 0.905. The fraction of sp³-hybridized carbons (Fsp3) is 0.538. The van der Waals surface area contributed by atoms with Crippen molar-refractivity contribution >= 4 is 11.8 Å². The van der Waals surface area contributed by atoms with E-state index in [0.29, 0.717) is 23.0 Å². The number of thioether (sulfide) groups is 1. The van der Waals surface area contributed by atoms with E-state index in [0.717, 1.165) is 18.6 Å². The Bertz CT molecular complexity index is 357. The van der Waals surface area contributed by atoms with E-state index in [1.54, 1.807) is 11.8 Å². The highest BCUT2D eigenvalue weighted by Gasteiger charge is 2.10. The van der Waals surface area contributed by atoms with Crippen LogP contribution >= 0.6 is 11.8 Å². The first-order valence-electron chi connectivity index (χ1n) is 5.76. The summed E-state index contributed by atoms with van der Waals surface area (Å²) in [5, 5.41) is 10.3. The van der Waals surface area contributed by atoms with Crippen molar-refractivity contribution < 1.29 is 13.9 Å². The Morgan fingerprint density at radius 3 is 2.59 bits per heavy atom. The summed E-state index contributed by atoms with van der Waals surface area (Å²) in [5.41, 5.74) is 0.626. The third-order valence-electron chi connectivity index (χ3n) is 2.60. The Balaban J connectivity index is 2.44. The van der Waals surface area contributed by atoms with Gasteiger partial charge in [0.15, 0.2) is 11.6 Å². The zero-order chi connectivity index (χ0) is 12.8. The largest absolute Gasteiger partial charge is 0.392 e. The third-order valence-corrected chi connectivity index (χ3v) is 4.08. The standard InChI is InChI=1S/C13H18F2OS/c1-3-9(2)17-8-11(16)6-10-4-5-12(14)13(15)7-10/h4-5,7,9,11,16H,3,6,8H2,1-2H3. The molecule has 1 N–H and O–H groups in total. The van der Waals surface area contributed by atoms with Crippen LogP contribution in [0.15, 0.2) is 18.2 Å². The minimum atomic E-state index is -0.857. The van der Waals surface area contributed by atoms with E-state index in [2.05, 4.69) is 13.8 Å². The molecule has 1 nitrogen and oxygen atoms in total. The van der Waals surface area contributed by atoms with E-state index in [9.17, 15) is 13.9 Å². The first kappa shape index (κ1) is 14.5. The summed E-state index contributed by atoms with van der Waals surface area (Å²) in [5.74, 6) is -1.09. The van der Waals surface area contributed by atoms with E-state index in [1.165, 1.54) is 6.07 Å². The molecule has 2 unspecified atom stereocenters. The summed E-state index contributed by atoms with van der Waals surface area (Å²) in [4.78, 5) is 0. The number of aliphatic hydroxyl groups is 1. The maximum atomic E-state index is 12.9. The second-order valence-corrected chi connectivity index (χ2v) is 5.63. The molecule has 0 fully saturated rings. The third kappa shape index (κ3) is 5.04. The van der Waals surface area contributed by atoms with Crippen LogP contribution < -0.4 is 0 Å². The van der Waals surface area contributed by atoms with Crippen LogP contribution in [0.4, 0.5) is 8.78 Å². The summed E-state index contributed by atoms with van der Waals surface area (Å²) in [7, 11) is 0. The molecule has 0 aliphatic carbocycles. The molecule has 2 atom stereocenters. The summed E-state index contributed by atoms with van der Waals surface area (Å²) in [6.45, 7) is 4.20. The second-order valence-electron chi connectivity index (χ2n) is 4.16. The Hall–Kier alpha value is -0.610. The molecule has 0 heterocycles. The van der Waals surface area contributed by atoms with Crippen LogP contribution in [0.1, 0.15) is 25.8 Å². The molecule has 0 aliphatic rings. The molecular formula is C13H18F2OS. The first-order chi connectivity index (χ1) is 8.02. The quantitative estimate of drug-likeness (QED) is 0.846. The smallest absolute Gasteiger partial charge is 0.159 e.